The molecule has 0 bridgehead atoms. The molecule has 154 valence electrons. The van der Waals surface area contributed by atoms with Gasteiger partial charge in [-0.15, -0.1) is 0 Å². The molecule has 2 aliphatic heterocycles. The van der Waals surface area contributed by atoms with E-state index in [0.717, 1.165) is 63.8 Å². The molecule has 5 nitrogen and oxygen atoms in total. The standard InChI is InChI=1S/C22H32FN3O2/c1-28-21(27)25-20-8-3-7-19(20)22(26-13-4-14-26,16-9-11-24-12-10-16)17-5-2-6-18(23)15-17/h2,5-6,15-16,19-20,24H,3-4,7-14H2,1H3,(H,25,27)/t19-,20-,22?/m0/s1. The number of methoxy groups -OCH3 is 1. The lowest BCUT2D eigenvalue weighted by Crippen LogP contribution is -2.64. The molecular formula is C22H32FN3O2. The van der Waals surface area contributed by atoms with Crippen LogP contribution in [0.25, 0.3) is 0 Å². The van der Waals surface area contributed by atoms with Crippen LogP contribution in [-0.4, -0.2) is 50.3 Å². The van der Waals surface area contributed by atoms with E-state index in [-0.39, 0.29) is 29.4 Å². The Morgan fingerprint density at radius 1 is 1.21 bits per heavy atom. The van der Waals surface area contributed by atoms with Gasteiger partial charge in [0.2, 0.25) is 0 Å². The fourth-order valence-corrected chi connectivity index (χ4v) is 5.98. The zero-order valence-corrected chi connectivity index (χ0v) is 16.8. The summed E-state index contributed by atoms with van der Waals surface area (Å²) in [6, 6.07) is 7.29. The second kappa shape index (κ2) is 8.37. The van der Waals surface area contributed by atoms with E-state index in [2.05, 4.69) is 21.6 Å². The molecule has 6 heteroatoms. The molecule has 2 N–H and O–H groups in total. The Morgan fingerprint density at radius 2 is 2.00 bits per heavy atom. The van der Waals surface area contributed by atoms with Crippen molar-refractivity contribution in [3.05, 3.63) is 35.6 Å². The van der Waals surface area contributed by atoms with Crippen molar-refractivity contribution in [2.45, 2.75) is 50.1 Å². The molecule has 28 heavy (non-hydrogen) atoms. The molecule has 2 saturated heterocycles. The summed E-state index contributed by atoms with van der Waals surface area (Å²) in [5.74, 6) is 0.532. The third-order valence-corrected chi connectivity index (χ3v) is 7.20. The van der Waals surface area contributed by atoms with Crippen molar-refractivity contribution < 1.29 is 13.9 Å². The number of ether oxygens (including phenoxy) is 1. The maximum absolute atomic E-state index is 14.4. The second-order valence-corrected chi connectivity index (χ2v) is 8.48. The summed E-state index contributed by atoms with van der Waals surface area (Å²) in [5, 5.41) is 6.60. The third-order valence-electron chi connectivity index (χ3n) is 7.20. The van der Waals surface area contributed by atoms with Crippen LogP contribution < -0.4 is 10.6 Å². The smallest absolute Gasteiger partial charge is 0.407 e. The Bertz CT molecular complexity index is 690. The maximum atomic E-state index is 14.4. The van der Waals surface area contributed by atoms with E-state index in [1.807, 2.05) is 6.07 Å². The maximum Gasteiger partial charge on any atom is 0.407 e. The molecule has 3 fully saturated rings. The van der Waals surface area contributed by atoms with E-state index in [9.17, 15) is 9.18 Å². The van der Waals surface area contributed by atoms with Crippen LogP contribution in [0.3, 0.4) is 0 Å². The lowest BCUT2D eigenvalue weighted by molar-refractivity contribution is -0.0774. The highest BCUT2D eigenvalue weighted by Crippen LogP contribution is 2.53. The number of nitrogens with one attached hydrogen (secondary N) is 2. The van der Waals surface area contributed by atoms with Gasteiger partial charge >= 0.3 is 6.09 Å². The Balaban J connectivity index is 1.80. The topological polar surface area (TPSA) is 53.6 Å². The monoisotopic (exact) mass is 389 g/mol. The number of rotatable bonds is 5. The predicted octanol–water partition coefficient (Wildman–Crippen LogP) is 3.25. The van der Waals surface area contributed by atoms with Crippen LogP contribution in [0.1, 0.15) is 44.1 Å². The predicted molar refractivity (Wildman–Crippen MR) is 107 cm³/mol. The quantitative estimate of drug-likeness (QED) is 0.812. The summed E-state index contributed by atoms with van der Waals surface area (Å²) < 4.78 is 19.3. The van der Waals surface area contributed by atoms with Crippen molar-refractivity contribution in [2.24, 2.45) is 11.8 Å². The van der Waals surface area contributed by atoms with Gasteiger partial charge in [0.15, 0.2) is 0 Å². The zero-order valence-electron chi connectivity index (χ0n) is 16.8. The number of benzene rings is 1. The Kier molecular flexibility index (Phi) is 5.88. The Hall–Kier alpha value is -1.66. The molecule has 1 aromatic carbocycles. The fraction of sp³-hybridized carbons (Fsp3) is 0.682. The molecule has 1 amide bonds. The first-order valence-corrected chi connectivity index (χ1v) is 10.7. The fourth-order valence-electron chi connectivity index (χ4n) is 5.98. The summed E-state index contributed by atoms with van der Waals surface area (Å²) in [7, 11) is 1.42. The molecular weight excluding hydrogens is 357 g/mol. The highest BCUT2D eigenvalue weighted by Gasteiger charge is 2.55. The van der Waals surface area contributed by atoms with Gasteiger partial charge in [-0.3, -0.25) is 4.90 Å². The molecule has 2 heterocycles. The minimum atomic E-state index is -0.362. The van der Waals surface area contributed by atoms with Gasteiger partial charge in [-0.05, 0) is 68.8 Å². The molecule has 0 radical (unpaired) electrons. The molecule has 1 aliphatic carbocycles. The Morgan fingerprint density at radius 3 is 2.64 bits per heavy atom. The van der Waals surface area contributed by atoms with Gasteiger partial charge in [0, 0.05) is 25.0 Å². The highest BCUT2D eigenvalue weighted by molar-refractivity contribution is 5.67. The normalized spacial score (nSPS) is 28.4. The summed E-state index contributed by atoms with van der Waals surface area (Å²) in [6.45, 7) is 4.08. The van der Waals surface area contributed by atoms with Crippen molar-refractivity contribution in [2.75, 3.05) is 33.3 Å². The van der Waals surface area contributed by atoms with E-state index in [0.29, 0.717) is 5.92 Å². The van der Waals surface area contributed by atoms with Gasteiger partial charge in [-0.1, -0.05) is 18.6 Å². The molecule has 1 aromatic rings. The SMILES string of the molecule is COC(=O)N[C@H]1CCC[C@@H]1C(c1cccc(F)c1)(C1CCNCC1)N1CCC1. The number of hydrogen-bond donors (Lipinski definition) is 2. The molecule has 1 saturated carbocycles. The molecule has 3 atom stereocenters. The van der Waals surface area contributed by atoms with Gasteiger partial charge in [0.05, 0.1) is 12.6 Å². The number of hydrogen-bond acceptors (Lipinski definition) is 4. The minimum Gasteiger partial charge on any atom is -0.453 e. The molecule has 0 aromatic heterocycles. The number of amides is 1. The number of alkyl carbamates (subject to hydrolysis) is 1. The van der Waals surface area contributed by atoms with Crippen molar-refractivity contribution in [3.8, 4) is 0 Å². The van der Waals surface area contributed by atoms with Crippen LogP contribution >= 0.6 is 0 Å². The molecule has 4 rings (SSSR count). The van der Waals surface area contributed by atoms with Crippen LogP contribution in [0, 0.1) is 17.7 Å². The summed E-state index contributed by atoms with van der Waals surface area (Å²) in [6.07, 6.45) is 6.06. The van der Waals surface area contributed by atoms with E-state index >= 15 is 0 Å². The lowest BCUT2D eigenvalue weighted by Gasteiger charge is -2.58. The van der Waals surface area contributed by atoms with Gasteiger partial charge in [-0.25, -0.2) is 9.18 Å². The average molecular weight is 390 g/mol. The van der Waals surface area contributed by atoms with Gasteiger partial charge in [-0.2, -0.15) is 0 Å². The number of halogens is 1. The van der Waals surface area contributed by atoms with E-state index in [1.165, 1.54) is 19.6 Å². The molecule has 0 spiro atoms. The average Bonchev–Trinajstić information content (AvgIpc) is 3.13. The van der Waals surface area contributed by atoms with Crippen molar-refractivity contribution >= 4 is 6.09 Å². The van der Waals surface area contributed by atoms with Gasteiger partial charge < -0.3 is 15.4 Å². The Labute approximate surface area is 167 Å². The van der Waals surface area contributed by atoms with Crippen molar-refractivity contribution in [3.63, 3.8) is 0 Å². The van der Waals surface area contributed by atoms with Gasteiger partial charge in [0.1, 0.15) is 5.82 Å². The summed E-state index contributed by atoms with van der Waals surface area (Å²) in [5.41, 5.74) is 0.854. The number of likely N-dealkylation sites (tertiary alicyclic amines) is 1. The van der Waals surface area contributed by atoms with E-state index < -0.39 is 0 Å². The number of piperidine rings is 1. The minimum absolute atomic E-state index is 0.0613. The molecule has 3 aliphatic rings. The number of carbonyl (C=O) groups is 1. The number of nitrogens with zero attached hydrogens (tertiary/aromatic N) is 1. The van der Waals surface area contributed by atoms with Crippen LogP contribution in [0.2, 0.25) is 0 Å². The summed E-state index contributed by atoms with van der Waals surface area (Å²) >= 11 is 0. The van der Waals surface area contributed by atoms with Crippen LogP contribution in [0.4, 0.5) is 9.18 Å². The first-order valence-electron chi connectivity index (χ1n) is 10.7. The van der Waals surface area contributed by atoms with Crippen LogP contribution in [-0.2, 0) is 10.3 Å². The highest BCUT2D eigenvalue weighted by atomic mass is 19.1. The first-order chi connectivity index (χ1) is 13.7. The van der Waals surface area contributed by atoms with E-state index in [1.54, 1.807) is 6.07 Å². The van der Waals surface area contributed by atoms with Crippen molar-refractivity contribution in [1.82, 2.24) is 15.5 Å². The third kappa shape index (κ3) is 3.41. The molecule has 1 unspecified atom stereocenters. The van der Waals surface area contributed by atoms with Crippen LogP contribution in [0.15, 0.2) is 24.3 Å². The number of carbonyl (C=O) groups excluding carboxylic acids is 1. The van der Waals surface area contributed by atoms with Gasteiger partial charge in [0.25, 0.3) is 0 Å². The summed E-state index contributed by atoms with van der Waals surface area (Å²) in [4.78, 5) is 14.6. The van der Waals surface area contributed by atoms with Crippen molar-refractivity contribution in [1.29, 1.82) is 0 Å². The largest absolute Gasteiger partial charge is 0.453 e. The lowest BCUT2D eigenvalue weighted by atomic mass is 9.62. The first kappa shape index (κ1) is 19.6. The second-order valence-electron chi connectivity index (χ2n) is 8.48. The van der Waals surface area contributed by atoms with E-state index in [4.69, 9.17) is 4.74 Å². The van der Waals surface area contributed by atoms with Crippen LogP contribution in [0.5, 0.6) is 0 Å². The zero-order chi connectivity index (χ0) is 19.6.